The van der Waals surface area contributed by atoms with E-state index >= 15 is 0 Å². The number of amides is 1. The van der Waals surface area contributed by atoms with Gasteiger partial charge in [0, 0.05) is 36.2 Å². The van der Waals surface area contributed by atoms with E-state index in [0.717, 1.165) is 42.8 Å². The van der Waals surface area contributed by atoms with Crippen molar-refractivity contribution >= 4 is 17.7 Å². The summed E-state index contributed by atoms with van der Waals surface area (Å²) in [6, 6.07) is 12.0. The summed E-state index contributed by atoms with van der Waals surface area (Å²) < 4.78 is 7.57. The summed E-state index contributed by atoms with van der Waals surface area (Å²) >= 11 is 1.43. The first kappa shape index (κ1) is 22.3. The number of aromatic nitrogens is 4. The Bertz CT molecular complexity index is 1020. The Labute approximate surface area is 193 Å². The number of thioether (sulfide) groups is 1. The van der Waals surface area contributed by atoms with E-state index in [-0.39, 0.29) is 5.91 Å². The van der Waals surface area contributed by atoms with Gasteiger partial charge in [-0.15, -0.1) is 10.2 Å². The van der Waals surface area contributed by atoms with E-state index in [4.69, 9.17) is 4.74 Å². The van der Waals surface area contributed by atoms with Crippen LogP contribution in [0.4, 0.5) is 0 Å². The van der Waals surface area contributed by atoms with E-state index in [2.05, 4.69) is 27.0 Å². The van der Waals surface area contributed by atoms with Gasteiger partial charge in [0.1, 0.15) is 5.75 Å². The number of piperidine rings is 1. The fraction of sp³-hybridized carbons (Fsp3) is 0.417. The van der Waals surface area contributed by atoms with Gasteiger partial charge >= 0.3 is 0 Å². The molecule has 168 valence electrons. The molecule has 1 unspecified atom stereocenters. The number of benzene rings is 1. The Hall–Kier alpha value is -2.87. The SMILES string of the molecule is CCOc1ccc(-n2c(SCC(=O)N3CCCCC3CC)nnc2-c2cccnc2)cc1. The lowest BCUT2D eigenvalue weighted by Gasteiger charge is -2.35. The molecular weight excluding hydrogens is 422 g/mol. The lowest BCUT2D eigenvalue weighted by Crippen LogP contribution is -2.44. The van der Waals surface area contributed by atoms with Crippen molar-refractivity contribution in [3.8, 4) is 22.8 Å². The predicted molar refractivity (Wildman–Crippen MR) is 126 cm³/mol. The third-order valence-electron chi connectivity index (χ3n) is 5.70. The van der Waals surface area contributed by atoms with Crippen LogP contribution >= 0.6 is 11.8 Å². The zero-order chi connectivity index (χ0) is 22.3. The lowest BCUT2D eigenvalue weighted by atomic mass is 10.0. The lowest BCUT2D eigenvalue weighted by molar-refractivity contribution is -0.132. The molecule has 32 heavy (non-hydrogen) atoms. The highest BCUT2D eigenvalue weighted by molar-refractivity contribution is 7.99. The second-order valence-corrected chi connectivity index (χ2v) is 8.69. The number of likely N-dealkylation sites (tertiary alicyclic amines) is 1. The highest BCUT2D eigenvalue weighted by Crippen LogP contribution is 2.29. The largest absolute Gasteiger partial charge is 0.494 e. The molecule has 0 saturated carbocycles. The van der Waals surface area contributed by atoms with E-state index in [1.165, 1.54) is 18.2 Å². The quantitative estimate of drug-likeness (QED) is 0.466. The molecule has 1 saturated heterocycles. The monoisotopic (exact) mass is 451 g/mol. The normalized spacial score (nSPS) is 16.2. The van der Waals surface area contributed by atoms with E-state index in [0.29, 0.717) is 29.4 Å². The Kier molecular flexibility index (Phi) is 7.42. The molecule has 3 heterocycles. The van der Waals surface area contributed by atoms with Crippen molar-refractivity contribution in [2.45, 2.75) is 50.7 Å². The van der Waals surface area contributed by atoms with E-state index in [9.17, 15) is 4.79 Å². The Morgan fingerprint density at radius 3 is 2.72 bits per heavy atom. The molecule has 2 aromatic heterocycles. The minimum absolute atomic E-state index is 0.172. The van der Waals surface area contributed by atoms with Crippen LogP contribution < -0.4 is 4.74 Å². The topological polar surface area (TPSA) is 73.1 Å². The van der Waals surface area contributed by atoms with Crippen molar-refractivity contribution < 1.29 is 9.53 Å². The first-order valence-electron chi connectivity index (χ1n) is 11.2. The fourth-order valence-electron chi connectivity index (χ4n) is 4.10. The maximum absolute atomic E-state index is 13.0. The molecule has 8 heteroatoms. The first-order valence-corrected chi connectivity index (χ1v) is 12.2. The number of carbonyl (C=O) groups excluding carboxylic acids is 1. The van der Waals surface area contributed by atoms with Gasteiger partial charge in [0.15, 0.2) is 11.0 Å². The van der Waals surface area contributed by atoms with Crippen molar-refractivity contribution in [2.24, 2.45) is 0 Å². The molecule has 1 aliphatic rings. The molecular formula is C24H29N5O2S. The molecule has 1 atom stereocenters. The number of nitrogens with zero attached hydrogens (tertiary/aromatic N) is 5. The zero-order valence-electron chi connectivity index (χ0n) is 18.6. The summed E-state index contributed by atoms with van der Waals surface area (Å²) in [5.41, 5.74) is 1.78. The number of pyridine rings is 1. The fourth-order valence-corrected chi connectivity index (χ4v) is 4.94. The van der Waals surface area contributed by atoms with Crippen LogP contribution in [0.15, 0.2) is 53.9 Å². The Morgan fingerprint density at radius 1 is 1.16 bits per heavy atom. The highest BCUT2D eigenvalue weighted by Gasteiger charge is 2.26. The number of hydrogen-bond acceptors (Lipinski definition) is 6. The molecule has 1 aromatic carbocycles. The van der Waals surface area contributed by atoms with Crippen molar-refractivity contribution in [2.75, 3.05) is 18.9 Å². The summed E-state index contributed by atoms with van der Waals surface area (Å²) in [5.74, 6) is 2.03. The van der Waals surface area contributed by atoms with Gasteiger partial charge in [-0.05, 0) is 69.0 Å². The minimum atomic E-state index is 0.172. The summed E-state index contributed by atoms with van der Waals surface area (Å²) in [7, 11) is 0. The Balaban J connectivity index is 1.60. The van der Waals surface area contributed by atoms with Gasteiger partial charge in [0.25, 0.3) is 0 Å². The summed E-state index contributed by atoms with van der Waals surface area (Å²) in [6.45, 7) is 5.59. The van der Waals surface area contributed by atoms with Crippen LogP contribution in [0.25, 0.3) is 17.1 Å². The van der Waals surface area contributed by atoms with Crippen LogP contribution in [0.3, 0.4) is 0 Å². The summed E-state index contributed by atoms with van der Waals surface area (Å²) in [5, 5.41) is 9.56. The number of carbonyl (C=O) groups is 1. The molecule has 0 aliphatic carbocycles. The predicted octanol–water partition coefficient (Wildman–Crippen LogP) is 4.61. The zero-order valence-corrected chi connectivity index (χ0v) is 19.4. The van der Waals surface area contributed by atoms with E-state index < -0.39 is 0 Å². The maximum atomic E-state index is 13.0. The maximum Gasteiger partial charge on any atom is 0.233 e. The summed E-state index contributed by atoms with van der Waals surface area (Å²) in [4.78, 5) is 19.3. The highest BCUT2D eigenvalue weighted by atomic mass is 32.2. The first-order chi connectivity index (χ1) is 15.7. The van der Waals surface area contributed by atoms with Gasteiger partial charge in [-0.2, -0.15) is 0 Å². The van der Waals surface area contributed by atoms with Gasteiger partial charge in [0.2, 0.25) is 5.91 Å². The van der Waals surface area contributed by atoms with Crippen molar-refractivity contribution in [1.29, 1.82) is 0 Å². The van der Waals surface area contributed by atoms with Crippen LogP contribution in [0, 0.1) is 0 Å². The third-order valence-corrected chi connectivity index (χ3v) is 6.62. The van der Waals surface area contributed by atoms with Gasteiger partial charge in [-0.1, -0.05) is 18.7 Å². The molecule has 4 rings (SSSR count). The van der Waals surface area contributed by atoms with Crippen LogP contribution in [-0.4, -0.2) is 55.5 Å². The van der Waals surface area contributed by atoms with E-state index in [1.54, 1.807) is 12.4 Å². The van der Waals surface area contributed by atoms with Crippen molar-refractivity contribution in [1.82, 2.24) is 24.6 Å². The molecule has 1 aliphatic heterocycles. The number of rotatable bonds is 8. The van der Waals surface area contributed by atoms with Gasteiger partial charge < -0.3 is 9.64 Å². The van der Waals surface area contributed by atoms with Crippen LogP contribution in [0.2, 0.25) is 0 Å². The molecule has 0 radical (unpaired) electrons. The van der Waals surface area contributed by atoms with Gasteiger partial charge in [-0.3, -0.25) is 14.3 Å². The van der Waals surface area contributed by atoms with Crippen LogP contribution in [0.1, 0.15) is 39.5 Å². The molecule has 1 amide bonds. The minimum Gasteiger partial charge on any atom is -0.494 e. The van der Waals surface area contributed by atoms with Crippen LogP contribution in [-0.2, 0) is 4.79 Å². The number of hydrogen-bond donors (Lipinski definition) is 0. The average Bonchev–Trinajstić information content (AvgIpc) is 3.27. The van der Waals surface area contributed by atoms with Gasteiger partial charge in [0.05, 0.1) is 12.4 Å². The Morgan fingerprint density at radius 2 is 2.00 bits per heavy atom. The second-order valence-electron chi connectivity index (χ2n) is 7.74. The van der Waals surface area contributed by atoms with Crippen molar-refractivity contribution in [3.05, 3.63) is 48.8 Å². The van der Waals surface area contributed by atoms with Gasteiger partial charge in [-0.25, -0.2) is 0 Å². The average molecular weight is 452 g/mol. The molecule has 7 nitrogen and oxygen atoms in total. The summed E-state index contributed by atoms with van der Waals surface area (Å²) in [6.07, 6.45) is 7.90. The molecule has 0 bridgehead atoms. The molecule has 3 aromatic rings. The number of ether oxygens (including phenoxy) is 1. The second kappa shape index (κ2) is 10.6. The third kappa shape index (κ3) is 4.96. The standard InChI is InChI=1S/C24H29N5O2S/c1-3-19-9-5-6-15-28(19)22(30)17-32-24-27-26-23(18-8-7-14-25-16-18)29(24)20-10-12-21(13-11-20)31-4-2/h7-8,10-14,16,19H,3-6,9,15,17H2,1-2H3. The van der Waals surface area contributed by atoms with Crippen molar-refractivity contribution in [3.63, 3.8) is 0 Å². The van der Waals surface area contributed by atoms with E-state index in [1.807, 2.05) is 47.9 Å². The molecule has 0 spiro atoms. The molecule has 1 fully saturated rings. The van der Waals surface area contributed by atoms with Crippen LogP contribution in [0.5, 0.6) is 5.75 Å². The molecule has 0 N–H and O–H groups in total. The smallest absolute Gasteiger partial charge is 0.233 e.